The molecule has 0 heterocycles. The summed E-state index contributed by atoms with van der Waals surface area (Å²) in [7, 11) is 0. The number of carbonyl (C=O) groups is 1. The first-order chi connectivity index (χ1) is 11.5. The van der Waals surface area contributed by atoms with Crippen molar-refractivity contribution in [3.8, 4) is 5.75 Å². The number of anilines is 1. The van der Waals surface area contributed by atoms with E-state index in [-0.39, 0.29) is 5.91 Å². The maximum atomic E-state index is 12.4. The van der Waals surface area contributed by atoms with Crippen LogP contribution in [0.15, 0.2) is 60.7 Å². The molecule has 24 heavy (non-hydrogen) atoms. The van der Waals surface area contributed by atoms with Gasteiger partial charge in [0.1, 0.15) is 5.75 Å². The van der Waals surface area contributed by atoms with Gasteiger partial charge in [-0.3, -0.25) is 4.79 Å². The number of benzene rings is 3. The SMILES string of the molecule is CC(Oc1ccc(Cl)cc1Cl)C(=O)Nc1cccc2ccccc12. The van der Waals surface area contributed by atoms with E-state index >= 15 is 0 Å². The van der Waals surface area contributed by atoms with E-state index in [1.165, 1.54) is 0 Å². The molecule has 0 aliphatic rings. The fourth-order valence-electron chi connectivity index (χ4n) is 2.38. The molecule has 1 amide bonds. The Hall–Kier alpha value is -2.23. The Morgan fingerprint density at radius 3 is 2.58 bits per heavy atom. The van der Waals surface area contributed by atoms with Crippen LogP contribution in [0, 0.1) is 0 Å². The molecule has 122 valence electrons. The van der Waals surface area contributed by atoms with Crippen LogP contribution in [-0.2, 0) is 4.79 Å². The largest absolute Gasteiger partial charge is 0.479 e. The van der Waals surface area contributed by atoms with Crippen molar-refractivity contribution < 1.29 is 9.53 Å². The molecule has 3 aromatic carbocycles. The van der Waals surface area contributed by atoms with Crippen LogP contribution < -0.4 is 10.1 Å². The van der Waals surface area contributed by atoms with Gasteiger partial charge >= 0.3 is 0 Å². The fourth-order valence-corrected chi connectivity index (χ4v) is 2.84. The van der Waals surface area contributed by atoms with E-state index in [4.69, 9.17) is 27.9 Å². The van der Waals surface area contributed by atoms with Gasteiger partial charge in [0, 0.05) is 16.1 Å². The van der Waals surface area contributed by atoms with Crippen molar-refractivity contribution in [1.29, 1.82) is 0 Å². The highest BCUT2D eigenvalue weighted by Gasteiger charge is 2.17. The van der Waals surface area contributed by atoms with Crippen LogP contribution in [0.5, 0.6) is 5.75 Å². The zero-order chi connectivity index (χ0) is 17.1. The second-order valence-electron chi connectivity index (χ2n) is 5.35. The molecule has 0 aliphatic carbocycles. The van der Waals surface area contributed by atoms with Gasteiger partial charge in [-0.1, -0.05) is 59.6 Å². The lowest BCUT2D eigenvalue weighted by molar-refractivity contribution is -0.122. The minimum Gasteiger partial charge on any atom is -0.479 e. The first-order valence-corrected chi connectivity index (χ1v) is 8.20. The number of hydrogen-bond donors (Lipinski definition) is 1. The van der Waals surface area contributed by atoms with Gasteiger partial charge in [0.05, 0.1) is 5.02 Å². The van der Waals surface area contributed by atoms with Crippen molar-refractivity contribution in [3.63, 3.8) is 0 Å². The Kier molecular flexibility index (Phi) is 4.93. The van der Waals surface area contributed by atoms with E-state index in [1.54, 1.807) is 25.1 Å². The zero-order valence-electron chi connectivity index (χ0n) is 12.9. The molecule has 0 spiro atoms. The van der Waals surface area contributed by atoms with Crippen molar-refractivity contribution in [2.24, 2.45) is 0 Å². The Morgan fingerprint density at radius 2 is 1.79 bits per heavy atom. The molecule has 0 bridgehead atoms. The number of rotatable bonds is 4. The Labute approximate surface area is 150 Å². The van der Waals surface area contributed by atoms with Gasteiger partial charge in [-0.05, 0) is 36.6 Å². The number of halogens is 2. The summed E-state index contributed by atoms with van der Waals surface area (Å²) >= 11 is 11.9. The van der Waals surface area contributed by atoms with Crippen molar-refractivity contribution in [3.05, 3.63) is 70.7 Å². The molecule has 1 N–H and O–H groups in total. The number of ether oxygens (including phenoxy) is 1. The molecule has 0 aromatic heterocycles. The van der Waals surface area contributed by atoms with Gasteiger partial charge in [-0.2, -0.15) is 0 Å². The first kappa shape index (κ1) is 16.6. The lowest BCUT2D eigenvalue weighted by atomic mass is 10.1. The molecule has 0 radical (unpaired) electrons. The van der Waals surface area contributed by atoms with Crippen LogP contribution in [0.2, 0.25) is 10.0 Å². The Balaban J connectivity index is 1.76. The number of nitrogens with one attached hydrogen (secondary N) is 1. The summed E-state index contributed by atoms with van der Waals surface area (Å²) in [5, 5.41) is 5.82. The second kappa shape index (κ2) is 7.12. The molecule has 0 aliphatic heterocycles. The van der Waals surface area contributed by atoms with Crippen LogP contribution in [0.4, 0.5) is 5.69 Å². The van der Waals surface area contributed by atoms with Crippen molar-refractivity contribution >= 4 is 45.6 Å². The summed E-state index contributed by atoms with van der Waals surface area (Å²) in [6.45, 7) is 1.67. The van der Waals surface area contributed by atoms with Gasteiger partial charge in [-0.25, -0.2) is 0 Å². The Bertz CT molecular complexity index is 890. The Morgan fingerprint density at radius 1 is 1.04 bits per heavy atom. The van der Waals surface area contributed by atoms with E-state index in [2.05, 4.69) is 5.32 Å². The van der Waals surface area contributed by atoms with Gasteiger partial charge < -0.3 is 10.1 Å². The summed E-state index contributed by atoms with van der Waals surface area (Å²) in [6.07, 6.45) is -0.706. The van der Waals surface area contributed by atoms with E-state index in [0.29, 0.717) is 15.8 Å². The van der Waals surface area contributed by atoms with Gasteiger partial charge in [0.15, 0.2) is 6.10 Å². The number of amides is 1. The molecule has 3 rings (SSSR count). The third-order valence-corrected chi connectivity index (χ3v) is 4.14. The van der Waals surface area contributed by atoms with E-state index in [9.17, 15) is 4.79 Å². The summed E-state index contributed by atoms with van der Waals surface area (Å²) < 4.78 is 5.64. The van der Waals surface area contributed by atoms with E-state index in [0.717, 1.165) is 16.5 Å². The van der Waals surface area contributed by atoms with Crippen LogP contribution in [0.1, 0.15) is 6.92 Å². The highest BCUT2D eigenvalue weighted by molar-refractivity contribution is 6.35. The number of carbonyl (C=O) groups excluding carboxylic acids is 1. The van der Waals surface area contributed by atoms with Crippen LogP contribution in [-0.4, -0.2) is 12.0 Å². The topological polar surface area (TPSA) is 38.3 Å². The van der Waals surface area contributed by atoms with Crippen molar-refractivity contribution in [2.45, 2.75) is 13.0 Å². The molecule has 5 heteroatoms. The standard InChI is InChI=1S/C19H15Cl2NO2/c1-12(24-18-10-9-14(20)11-16(18)21)19(23)22-17-8-4-6-13-5-2-3-7-15(13)17/h2-12H,1H3,(H,22,23). The third kappa shape index (κ3) is 3.64. The monoisotopic (exact) mass is 359 g/mol. The molecule has 3 aromatic rings. The smallest absolute Gasteiger partial charge is 0.265 e. The highest BCUT2D eigenvalue weighted by Crippen LogP contribution is 2.29. The van der Waals surface area contributed by atoms with Crippen LogP contribution in [0.3, 0.4) is 0 Å². The second-order valence-corrected chi connectivity index (χ2v) is 6.19. The lowest BCUT2D eigenvalue weighted by Crippen LogP contribution is -2.30. The molecule has 1 unspecified atom stereocenters. The predicted molar refractivity (Wildman–Crippen MR) is 99.1 cm³/mol. The lowest BCUT2D eigenvalue weighted by Gasteiger charge is -2.16. The van der Waals surface area contributed by atoms with E-state index in [1.807, 2.05) is 42.5 Å². The van der Waals surface area contributed by atoms with Crippen molar-refractivity contribution in [2.75, 3.05) is 5.32 Å². The van der Waals surface area contributed by atoms with Gasteiger partial charge in [0.25, 0.3) is 5.91 Å². The molecule has 0 saturated carbocycles. The number of fused-ring (bicyclic) bond motifs is 1. The average Bonchev–Trinajstić information content (AvgIpc) is 2.57. The van der Waals surface area contributed by atoms with Crippen molar-refractivity contribution in [1.82, 2.24) is 0 Å². The molecule has 3 nitrogen and oxygen atoms in total. The maximum Gasteiger partial charge on any atom is 0.265 e. The quantitative estimate of drug-likeness (QED) is 0.662. The minimum atomic E-state index is -0.706. The molecule has 0 fully saturated rings. The minimum absolute atomic E-state index is 0.252. The zero-order valence-corrected chi connectivity index (χ0v) is 14.4. The van der Waals surface area contributed by atoms with Crippen LogP contribution >= 0.6 is 23.2 Å². The third-order valence-electron chi connectivity index (χ3n) is 3.61. The van der Waals surface area contributed by atoms with Gasteiger partial charge in [-0.15, -0.1) is 0 Å². The average molecular weight is 360 g/mol. The molecular formula is C19H15Cl2NO2. The highest BCUT2D eigenvalue weighted by atomic mass is 35.5. The predicted octanol–water partition coefficient (Wildman–Crippen LogP) is 5.55. The number of hydrogen-bond acceptors (Lipinski definition) is 2. The summed E-state index contributed by atoms with van der Waals surface area (Å²) in [5.74, 6) is 0.166. The molecular weight excluding hydrogens is 345 g/mol. The normalized spacial score (nSPS) is 12.0. The van der Waals surface area contributed by atoms with E-state index < -0.39 is 6.10 Å². The summed E-state index contributed by atoms with van der Waals surface area (Å²) in [6, 6.07) is 18.5. The maximum absolute atomic E-state index is 12.4. The molecule has 0 saturated heterocycles. The fraction of sp³-hybridized carbons (Fsp3) is 0.105. The summed E-state index contributed by atoms with van der Waals surface area (Å²) in [5.41, 5.74) is 0.746. The van der Waals surface area contributed by atoms with Crippen LogP contribution in [0.25, 0.3) is 10.8 Å². The van der Waals surface area contributed by atoms with Gasteiger partial charge in [0.2, 0.25) is 0 Å². The first-order valence-electron chi connectivity index (χ1n) is 7.45. The molecule has 1 atom stereocenters. The summed E-state index contributed by atoms with van der Waals surface area (Å²) in [4.78, 5) is 12.4.